The molecule has 1 atom stereocenters. The predicted octanol–water partition coefficient (Wildman–Crippen LogP) is 3.15. The van der Waals surface area contributed by atoms with Crippen molar-refractivity contribution in [3.05, 3.63) is 53.1 Å². The van der Waals surface area contributed by atoms with Gasteiger partial charge in [0.05, 0.1) is 25.4 Å². The third kappa shape index (κ3) is 4.04. The SMILES string of the molecule is CNc1nc(C2CCCN2C)nc2c1CCN(C(=O)c1cc(-c3cccc(OC)c3)on1)C2. The summed E-state index contributed by atoms with van der Waals surface area (Å²) in [5.74, 6) is 2.77. The quantitative estimate of drug-likeness (QED) is 0.636. The van der Waals surface area contributed by atoms with Crippen molar-refractivity contribution in [1.29, 1.82) is 0 Å². The summed E-state index contributed by atoms with van der Waals surface area (Å²) in [6, 6.07) is 9.38. The van der Waals surface area contributed by atoms with E-state index in [4.69, 9.17) is 19.2 Å². The van der Waals surface area contributed by atoms with Crippen LogP contribution in [-0.4, -0.2) is 65.1 Å². The van der Waals surface area contributed by atoms with Crippen LogP contribution in [0.15, 0.2) is 34.9 Å². The van der Waals surface area contributed by atoms with Crippen molar-refractivity contribution < 1.29 is 14.1 Å². The Kier molecular flexibility index (Phi) is 5.72. The number of amides is 1. The van der Waals surface area contributed by atoms with Gasteiger partial charge in [0.1, 0.15) is 17.4 Å². The molecule has 0 saturated carbocycles. The standard InChI is InChI=1S/C24H28N6O3/c1-25-22-17-9-11-30(14-19(17)26-23(27-22)20-8-5-10-29(20)2)24(31)18-13-21(33-28-18)15-6-4-7-16(12-15)32-3/h4,6-7,12-13,20H,5,8-11,14H2,1-3H3,(H,25,26,27). The number of anilines is 1. The maximum Gasteiger partial charge on any atom is 0.276 e. The van der Waals surface area contributed by atoms with Crippen LogP contribution in [0.2, 0.25) is 0 Å². The van der Waals surface area contributed by atoms with Crippen LogP contribution >= 0.6 is 0 Å². The van der Waals surface area contributed by atoms with Gasteiger partial charge in [-0.15, -0.1) is 0 Å². The lowest BCUT2D eigenvalue weighted by Crippen LogP contribution is -2.37. The van der Waals surface area contributed by atoms with Crippen LogP contribution in [0.4, 0.5) is 5.82 Å². The fourth-order valence-electron chi connectivity index (χ4n) is 4.67. The van der Waals surface area contributed by atoms with Crippen LogP contribution in [0.5, 0.6) is 5.75 Å². The number of nitrogens with zero attached hydrogens (tertiary/aromatic N) is 5. The van der Waals surface area contributed by atoms with Crippen LogP contribution in [0.1, 0.15) is 46.5 Å². The molecule has 9 nitrogen and oxygen atoms in total. The van der Waals surface area contributed by atoms with Crippen LogP contribution in [0, 0.1) is 0 Å². The zero-order valence-corrected chi connectivity index (χ0v) is 19.2. The van der Waals surface area contributed by atoms with E-state index in [2.05, 4.69) is 22.4 Å². The number of aromatic nitrogens is 3. The molecule has 0 radical (unpaired) electrons. The molecule has 1 saturated heterocycles. The van der Waals surface area contributed by atoms with Gasteiger partial charge < -0.3 is 19.5 Å². The highest BCUT2D eigenvalue weighted by Gasteiger charge is 2.31. The van der Waals surface area contributed by atoms with E-state index in [0.29, 0.717) is 31.0 Å². The van der Waals surface area contributed by atoms with Gasteiger partial charge >= 0.3 is 0 Å². The third-order valence-corrected chi connectivity index (χ3v) is 6.51. The van der Waals surface area contributed by atoms with Gasteiger partial charge in [0.15, 0.2) is 11.5 Å². The normalized spacial score (nSPS) is 18.3. The molecule has 2 aliphatic rings. The molecular weight excluding hydrogens is 420 g/mol. The molecule has 1 aromatic carbocycles. The molecule has 1 fully saturated rings. The molecule has 2 aliphatic heterocycles. The molecule has 172 valence electrons. The Hall–Kier alpha value is -3.46. The molecule has 1 N–H and O–H groups in total. The van der Waals surface area contributed by atoms with Crippen LogP contribution in [0.25, 0.3) is 11.3 Å². The maximum atomic E-state index is 13.2. The smallest absolute Gasteiger partial charge is 0.276 e. The summed E-state index contributed by atoms with van der Waals surface area (Å²) in [5.41, 5.74) is 3.08. The Balaban J connectivity index is 1.38. The van der Waals surface area contributed by atoms with E-state index in [1.807, 2.05) is 31.3 Å². The number of ether oxygens (including phenoxy) is 1. The topological polar surface area (TPSA) is 96.6 Å². The molecule has 5 rings (SSSR count). The second kappa shape index (κ2) is 8.82. The summed E-state index contributed by atoms with van der Waals surface area (Å²) in [6.45, 7) is 2.05. The zero-order valence-electron chi connectivity index (χ0n) is 19.2. The number of nitrogens with one attached hydrogen (secondary N) is 1. The van der Waals surface area contributed by atoms with Gasteiger partial charge in [-0.3, -0.25) is 9.69 Å². The van der Waals surface area contributed by atoms with Gasteiger partial charge in [0.25, 0.3) is 5.91 Å². The average molecular weight is 449 g/mol. The molecule has 1 unspecified atom stereocenters. The fraction of sp³-hybridized carbons (Fsp3) is 0.417. The summed E-state index contributed by atoms with van der Waals surface area (Å²) in [7, 11) is 5.61. The van der Waals surface area contributed by atoms with Gasteiger partial charge in [-0.1, -0.05) is 17.3 Å². The van der Waals surface area contributed by atoms with E-state index in [0.717, 1.165) is 47.8 Å². The molecular formula is C24H28N6O3. The second-order valence-electron chi connectivity index (χ2n) is 8.53. The van der Waals surface area contributed by atoms with Gasteiger partial charge in [-0.05, 0) is 45.0 Å². The highest BCUT2D eigenvalue weighted by atomic mass is 16.5. The number of benzene rings is 1. The average Bonchev–Trinajstić information content (AvgIpc) is 3.52. The molecule has 33 heavy (non-hydrogen) atoms. The number of methoxy groups -OCH3 is 1. The number of fused-ring (bicyclic) bond motifs is 1. The van der Waals surface area contributed by atoms with E-state index in [1.54, 1.807) is 18.1 Å². The van der Waals surface area contributed by atoms with Crippen molar-refractivity contribution in [2.24, 2.45) is 0 Å². The van der Waals surface area contributed by atoms with Crippen molar-refractivity contribution in [2.45, 2.75) is 31.8 Å². The lowest BCUT2D eigenvalue weighted by atomic mass is 10.0. The summed E-state index contributed by atoms with van der Waals surface area (Å²) in [6.07, 6.45) is 2.88. The summed E-state index contributed by atoms with van der Waals surface area (Å²) in [5, 5.41) is 7.27. The van der Waals surface area contributed by atoms with Gasteiger partial charge in [-0.25, -0.2) is 9.97 Å². The summed E-state index contributed by atoms with van der Waals surface area (Å²) >= 11 is 0. The van der Waals surface area contributed by atoms with Gasteiger partial charge in [-0.2, -0.15) is 0 Å². The molecule has 9 heteroatoms. The van der Waals surface area contributed by atoms with Gasteiger partial charge in [0.2, 0.25) is 0 Å². The van der Waals surface area contributed by atoms with Crippen molar-refractivity contribution >= 4 is 11.7 Å². The Bertz CT molecular complexity index is 1180. The third-order valence-electron chi connectivity index (χ3n) is 6.51. The van der Waals surface area contributed by atoms with Gasteiger partial charge in [0, 0.05) is 30.8 Å². The largest absolute Gasteiger partial charge is 0.497 e. The molecule has 3 aromatic rings. The van der Waals surface area contributed by atoms with E-state index >= 15 is 0 Å². The minimum Gasteiger partial charge on any atom is -0.497 e. The Morgan fingerprint density at radius 2 is 2.12 bits per heavy atom. The maximum absolute atomic E-state index is 13.2. The number of rotatable bonds is 5. The number of hydrogen-bond donors (Lipinski definition) is 1. The first kappa shape index (κ1) is 21.4. The zero-order chi connectivity index (χ0) is 22.9. The number of hydrogen-bond acceptors (Lipinski definition) is 8. The predicted molar refractivity (Wildman–Crippen MR) is 123 cm³/mol. The molecule has 0 bridgehead atoms. The van der Waals surface area contributed by atoms with E-state index in [1.165, 1.54) is 0 Å². The Morgan fingerprint density at radius 3 is 2.88 bits per heavy atom. The molecule has 4 heterocycles. The van der Waals surface area contributed by atoms with Crippen molar-refractivity contribution in [2.75, 3.05) is 39.6 Å². The fourth-order valence-corrected chi connectivity index (χ4v) is 4.67. The summed E-state index contributed by atoms with van der Waals surface area (Å²) in [4.78, 5) is 27.0. The first-order valence-corrected chi connectivity index (χ1v) is 11.3. The lowest BCUT2D eigenvalue weighted by molar-refractivity contribution is 0.0721. The van der Waals surface area contributed by atoms with Crippen molar-refractivity contribution in [3.63, 3.8) is 0 Å². The molecule has 2 aromatic heterocycles. The van der Waals surface area contributed by atoms with Crippen molar-refractivity contribution in [3.8, 4) is 17.1 Å². The Labute approximate surface area is 192 Å². The van der Waals surface area contributed by atoms with Crippen LogP contribution in [-0.2, 0) is 13.0 Å². The van der Waals surface area contributed by atoms with E-state index in [9.17, 15) is 4.79 Å². The minimum absolute atomic E-state index is 0.164. The van der Waals surface area contributed by atoms with Crippen molar-refractivity contribution in [1.82, 2.24) is 24.9 Å². The first-order chi connectivity index (χ1) is 16.1. The van der Waals surface area contributed by atoms with Crippen LogP contribution in [0.3, 0.4) is 0 Å². The molecule has 0 aliphatic carbocycles. The minimum atomic E-state index is -0.164. The monoisotopic (exact) mass is 448 g/mol. The Morgan fingerprint density at radius 1 is 1.24 bits per heavy atom. The van der Waals surface area contributed by atoms with Crippen LogP contribution < -0.4 is 10.1 Å². The highest BCUT2D eigenvalue weighted by molar-refractivity contribution is 5.93. The molecule has 1 amide bonds. The summed E-state index contributed by atoms with van der Waals surface area (Å²) < 4.78 is 10.7. The lowest BCUT2D eigenvalue weighted by Gasteiger charge is -2.29. The second-order valence-corrected chi connectivity index (χ2v) is 8.53. The number of carbonyl (C=O) groups is 1. The van der Waals surface area contributed by atoms with E-state index in [-0.39, 0.29) is 17.6 Å². The highest BCUT2D eigenvalue weighted by Crippen LogP contribution is 2.32. The van der Waals surface area contributed by atoms with E-state index < -0.39 is 0 Å². The molecule has 0 spiro atoms. The first-order valence-electron chi connectivity index (χ1n) is 11.3. The number of likely N-dealkylation sites (tertiary alicyclic amines) is 1. The number of carbonyl (C=O) groups excluding carboxylic acids is 1.